The zero-order valence-corrected chi connectivity index (χ0v) is 15.7. The van der Waals surface area contributed by atoms with Gasteiger partial charge in [-0.15, -0.1) is 11.3 Å². The molecule has 2 aromatic rings. The Bertz CT molecular complexity index is 1010. The molecule has 4 aliphatic carbocycles. The van der Waals surface area contributed by atoms with Gasteiger partial charge in [0.25, 0.3) is 0 Å². The molecule has 2 bridgehead atoms. The molecule has 3 fully saturated rings. The number of allylic oxidation sites excluding steroid dienone is 2. The van der Waals surface area contributed by atoms with Crippen molar-refractivity contribution >= 4 is 34.8 Å². The summed E-state index contributed by atoms with van der Waals surface area (Å²) in [6.07, 6.45) is 5.43. The fourth-order valence-electron chi connectivity index (χ4n) is 5.47. The van der Waals surface area contributed by atoms with Crippen molar-refractivity contribution in [3.8, 4) is 5.75 Å². The van der Waals surface area contributed by atoms with Crippen LogP contribution >= 0.6 is 11.3 Å². The summed E-state index contributed by atoms with van der Waals surface area (Å²) in [5, 5.41) is 1.80. The number of para-hydroxylation sites is 2. The van der Waals surface area contributed by atoms with E-state index in [4.69, 9.17) is 4.74 Å². The maximum atomic E-state index is 13.3. The first-order chi connectivity index (χ1) is 13.6. The Morgan fingerprint density at radius 3 is 2.29 bits per heavy atom. The number of benzene rings is 1. The Balaban J connectivity index is 1.36. The molecule has 2 saturated carbocycles. The molecule has 2 heterocycles. The summed E-state index contributed by atoms with van der Waals surface area (Å²) in [6.45, 7) is 0. The van der Waals surface area contributed by atoms with Gasteiger partial charge < -0.3 is 4.74 Å². The third-order valence-electron chi connectivity index (χ3n) is 6.69. The first-order valence-corrected chi connectivity index (χ1v) is 10.4. The Morgan fingerprint density at radius 1 is 0.964 bits per heavy atom. The van der Waals surface area contributed by atoms with Crippen molar-refractivity contribution in [1.82, 2.24) is 0 Å². The topological polar surface area (TPSA) is 63.7 Å². The number of imide groups is 1. The van der Waals surface area contributed by atoms with E-state index >= 15 is 0 Å². The molecule has 7 rings (SSSR count). The quantitative estimate of drug-likeness (QED) is 0.348. The lowest BCUT2D eigenvalue weighted by atomic mass is 9.63. The minimum Gasteiger partial charge on any atom is -0.420 e. The molecule has 6 heteroatoms. The van der Waals surface area contributed by atoms with Crippen LogP contribution < -0.4 is 9.64 Å². The first kappa shape index (κ1) is 16.2. The average Bonchev–Trinajstić information content (AvgIpc) is 3.27. The lowest BCUT2D eigenvalue weighted by Crippen LogP contribution is -2.40. The smallest absolute Gasteiger partial charge is 0.353 e. The standard InChI is InChI=1S/C22H17NO4S/c24-20-18-11-7-8-12(14-10-13(11)14)19(18)21(25)23(20)15-4-1-2-5-16(15)27-22(26)17-6-3-9-28-17/h1-9,11-14,18-19H,10H2/t11-,12-,13-,14+,18+,19+/m0/s1. The molecular formula is C22H17NO4S. The second-order valence-electron chi connectivity index (χ2n) is 8.00. The van der Waals surface area contributed by atoms with E-state index in [1.54, 1.807) is 41.8 Å². The molecule has 0 unspecified atom stereocenters. The fraction of sp³-hybridized carbons (Fsp3) is 0.318. The van der Waals surface area contributed by atoms with E-state index in [1.165, 1.54) is 16.2 Å². The van der Waals surface area contributed by atoms with Gasteiger partial charge in [-0.3, -0.25) is 9.59 Å². The van der Waals surface area contributed by atoms with Gasteiger partial charge in [-0.05, 0) is 53.7 Å². The summed E-state index contributed by atoms with van der Waals surface area (Å²) in [7, 11) is 0. The van der Waals surface area contributed by atoms with Crippen molar-refractivity contribution in [1.29, 1.82) is 0 Å². The Labute approximate surface area is 165 Å². The van der Waals surface area contributed by atoms with Gasteiger partial charge in [0, 0.05) is 0 Å². The maximum Gasteiger partial charge on any atom is 0.353 e. The van der Waals surface area contributed by atoms with E-state index < -0.39 is 5.97 Å². The van der Waals surface area contributed by atoms with Crippen LogP contribution in [0.1, 0.15) is 16.1 Å². The minimum atomic E-state index is -0.484. The summed E-state index contributed by atoms with van der Waals surface area (Å²) in [6, 6.07) is 10.3. The zero-order chi connectivity index (χ0) is 19.0. The van der Waals surface area contributed by atoms with Crippen LogP contribution in [-0.4, -0.2) is 17.8 Å². The molecule has 28 heavy (non-hydrogen) atoms. The van der Waals surface area contributed by atoms with Gasteiger partial charge in [0.1, 0.15) is 4.88 Å². The largest absolute Gasteiger partial charge is 0.420 e. The summed E-state index contributed by atoms with van der Waals surface area (Å²) in [5.74, 6) is 0.358. The van der Waals surface area contributed by atoms with Crippen LogP contribution in [0.25, 0.3) is 0 Å². The molecule has 6 atom stereocenters. The zero-order valence-electron chi connectivity index (χ0n) is 14.9. The van der Waals surface area contributed by atoms with Gasteiger partial charge in [0.2, 0.25) is 11.8 Å². The van der Waals surface area contributed by atoms with Gasteiger partial charge >= 0.3 is 5.97 Å². The van der Waals surface area contributed by atoms with Crippen molar-refractivity contribution in [3.63, 3.8) is 0 Å². The summed E-state index contributed by atoms with van der Waals surface area (Å²) < 4.78 is 5.56. The number of esters is 1. The molecule has 5 aliphatic rings. The van der Waals surface area contributed by atoms with Crippen LogP contribution in [0.2, 0.25) is 0 Å². The second kappa shape index (κ2) is 5.64. The highest BCUT2D eigenvalue weighted by Crippen LogP contribution is 2.65. The molecule has 1 aliphatic heterocycles. The van der Waals surface area contributed by atoms with Gasteiger partial charge in [-0.2, -0.15) is 0 Å². The van der Waals surface area contributed by atoms with Crippen LogP contribution in [0.5, 0.6) is 5.75 Å². The van der Waals surface area contributed by atoms with Gasteiger partial charge in [0.15, 0.2) is 5.75 Å². The molecule has 2 amide bonds. The molecule has 1 aromatic heterocycles. The summed E-state index contributed by atoms with van der Waals surface area (Å²) >= 11 is 1.29. The third-order valence-corrected chi connectivity index (χ3v) is 7.54. The van der Waals surface area contributed by atoms with Gasteiger partial charge in [0.05, 0.1) is 17.5 Å². The van der Waals surface area contributed by atoms with Crippen molar-refractivity contribution in [2.45, 2.75) is 6.42 Å². The van der Waals surface area contributed by atoms with Crippen LogP contribution in [-0.2, 0) is 9.59 Å². The van der Waals surface area contributed by atoms with Gasteiger partial charge in [-0.25, -0.2) is 9.69 Å². The number of hydrogen-bond acceptors (Lipinski definition) is 5. The number of nitrogens with zero attached hydrogens (tertiary/aromatic N) is 1. The van der Waals surface area contributed by atoms with Crippen LogP contribution in [0.3, 0.4) is 0 Å². The average molecular weight is 391 g/mol. The van der Waals surface area contributed by atoms with E-state index in [2.05, 4.69) is 12.2 Å². The summed E-state index contributed by atoms with van der Waals surface area (Å²) in [5.41, 5.74) is 0.366. The SMILES string of the molecule is O=C(Oc1ccccc1N1C(=O)[C@@H]2[C@H]3C=C[C@@H]([C@@H]4C[C@H]34)[C@H]2C1=O)c1cccs1. The minimum absolute atomic E-state index is 0.153. The van der Waals surface area contributed by atoms with Crippen LogP contribution in [0.4, 0.5) is 5.69 Å². The Kier molecular flexibility index (Phi) is 3.27. The number of amides is 2. The maximum absolute atomic E-state index is 13.3. The highest BCUT2D eigenvalue weighted by molar-refractivity contribution is 7.12. The van der Waals surface area contributed by atoms with Crippen LogP contribution in [0.15, 0.2) is 53.9 Å². The number of carbonyl (C=O) groups is 3. The number of carbonyl (C=O) groups excluding carboxylic acids is 3. The Morgan fingerprint density at radius 2 is 1.64 bits per heavy atom. The fourth-order valence-corrected chi connectivity index (χ4v) is 6.07. The molecule has 5 nitrogen and oxygen atoms in total. The molecule has 1 aromatic carbocycles. The molecule has 0 radical (unpaired) electrons. The number of rotatable bonds is 3. The molecule has 0 spiro atoms. The van der Waals surface area contributed by atoms with Crippen LogP contribution in [0, 0.1) is 35.5 Å². The van der Waals surface area contributed by atoms with Crippen molar-refractivity contribution in [3.05, 3.63) is 58.8 Å². The lowest BCUT2D eigenvalue weighted by Gasteiger charge is -2.37. The number of hydrogen-bond donors (Lipinski definition) is 0. The van der Waals surface area contributed by atoms with Crippen molar-refractivity contribution < 1.29 is 19.1 Å². The first-order valence-electron chi connectivity index (χ1n) is 9.56. The highest BCUT2D eigenvalue weighted by atomic mass is 32.1. The van der Waals surface area contributed by atoms with Crippen molar-refractivity contribution in [2.75, 3.05) is 4.90 Å². The normalized spacial score (nSPS) is 34.4. The predicted octanol–water partition coefficient (Wildman–Crippen LogP) is 3.52. The molecular weight excluding hydrogens is 374 g/mol. The summed E-state index contributed by atoms with van der Waals surface area (Å²) in [4.78, 5) is 40.8. The monoisotopic (exact) mass is 391 g/mol. The van der Waals surface area contributed by atoms with E-state index in [-0.39, 0.29) is 41.2 Å². The third kappa shape index (κ3) is 2.09. The van der Waals surface area contributed by atoms with E-state index in [0.29, 0.717) is 22.4 Å². The number of anilines is 1. The van der Waals surface area contributed by atoms with E-state index in [0.717, 1.165) is 6.42 Å². The predicted molar refractivity (Wildman–Crippen MR) is 103 cm³/mol. The number of thiophene rings is 1. The molecule has 140 valence electrons. The lowest BCUT2D eigenvalue weighted by molar-refractivity contribution is -0.124. The van der Waals surface area contributed by atoms with Crippen molar-refractivity contribution in [2.24, 2.45) is 35.5 Å². The highest BCUT2D eigenvalue weighted by Gasteiger charge is 2.67. The number of ether oxygens (including phenoxy) is 1. The second-order valence-corrected chi connectivity index (χ2v) is 8.95. The van der Waals surface area contributed by atoms with E-state index in [1.807, 2.05) is 0 Å². The molecule has 0 N–H and O–H groups in total. The molecule has 1 saturated heterocycles. The Hall–Kier alpha value is -2.73. The van der Waals surface area contributed by atoms with Gasteiger partial charge in [-0.1, -0.05) is 30.4 Å². The van der Waals surface area contributed by atoms with E-state index in [9.17, 15) is 14.4 Å².